The van der Waals surface area contributed by atoms with Crippen molar-refractivity contribution in [3.05, 3.63) is 82.7 Å². The zero-order valence-corrected chi connectivity index (χ0v) is 15.7. The molecule has 0 spiro atoms. The first-order valence-electron chi connectivity index (χ1n) is 9.87. The lowest BCUT2D eigenvalue weighted by Crippen LogP contribution is -2.26. The van der Waals surface area contributed by atoms with Crippen LogP contribution in [-0.2, 0) is 25.9 Å². The van der Waals surface area contributed by atoms with Crippen LogP contribution in [-0.4, -0.2) is 19.3 Å². The molecule has 2 aromatic heterocycles. The van der Waals surface area contributed by atoms with Crippen molar-refractivity contribution in [1.82, 2.24) is 19.3 Å². The maximum atomic E-state index is 13.2. The third kappa shape index (κ3) is 3.03. The molecule has 0 radical (unpaired) electrons. The minimum Gasteiger partial charge on any atom is -0.336 e. The molecule has 0 unspecified atom stereocenters. The lowest BCUT2D eigenvalue weighted by atomic mass is 9.89. The maximum absolute atomic E-state index is 13.2. The van der Waals surface area contributed by atoms with Crippen molar-refractivity contribution in [1.29, 1.82) is 0 Å². The number of hydrogen-bond acceptors (Lipinski definition) is 3. The Labute approximate surface area is 163 Å². The lowest BCUT2D eigenvalue weighted by Gasteiger charge is -2.18. The van der Waals surface area contributed by atoms with E-state index in [1.165, 1.54) is 24.0 Å². The van der Waals surface area contributed by atoms with E-state index in [9.17, 15) is 4.79 Å². The van der Waals surface area contributed by atoms with Gasteiger partial charge in [-0.2, -0.15) is 5.10 Å². The van der Waals surface area contributed by atoms with E-state index in [-0.39, 0.29) is 5.56 Å². The van der Waals surface area contributed by atoms with E-state index >= 15 is 0 Å². The van der Waals surface area contributed by atoms with Crippen LogP contribution in [0.2, 0.25) is 0 Å². The highest BCUT2D eigenvalue weighted by molar-refractivity contribution is 5.94. The minimum absolute atomic E-state index is 0.0110. The van der Waals surface area contributed by atoms with Crippen molar-refractivity contribution in [3.63, 3.8) is 0 Å². The van der Waals surface area contributed by atoms with Crippen molar-refractivity contribution in [2.75, 3.05) is 0 Å². The van der Waals surface area contributed by atoms with E-state index in [4.69, 9.17) is 5.10 Å². The molecule has 0 bridgehead atoms. The summed E-state index contributed by atoms with van der Waals surface area (Å²) in [5.74, 6) is 0. The minimum atomic E-state index is -0.0110. The summed E-state index contributed by atoms with van der Waals surface area (Å²) in [7, 11) is 0. The van der Waals surface area contributed by atoms with Gasteiger partial charge in [-0.15, -0.1) is 0 Å². The molecule has 0 aliphatic heterocycles. The Morgan fingerprint density at radius 3 is 2.39 bits per heavy atom. The number of hydrogen-bond donors (Lipinski definition) is 0. The van der Waals surface area contributed by atoms with Crippen molar-refractivity contribution in [3.8, 4) is 11.3 Å². The van der Waals surface area contributed by atoms with Gasteiger partial charge in [-0.3, -0.25) is 4.79 Å². The van der Waals surface area contributed by atoms with Crippen LogP contribution in [0.4, 0.5) is 0 Å². The fourth-order valence-electron chi connectivity index (χ4n) is 4.11. The Kier molecular flexibility index (Phi) is 4.28. The Balaban J connectivity index is 1.70. The summed E-state index contributed by atoms with van der Waals surface area (Å²) in [6.07, 6.45) is 9.98. The maximum Gasteiger partial charge on any atom is 0.274 e. The molecule has 2 heterocycles. The van der Waals surface area contributed by atoms with Gasteiger partial charge in [-0.05, 0) is 48.9 Å². The highest BCUT2D eigenvalue weighted by atomic mass is 16.1. The molecule has 4 aromatic rings. The molecule has 1 aliphatic carbocycles. The van der Waals surface area contributed by atoms with Gasteiger partial charge in [0.05, 0.1) is 24.0 Å². The summed E-state index contributed by atoms with van der Waals surface area (Å²) in [6.45, 7) is 1.18. The fraction of sp³-hybridized carbons (Fsp3) is 0.261. The van der Waals surface area contributed by atoms with E-state index in [1.807, 2.05) is 29.0 Å². The number of benzene rings is 2. The third-order valence-corrected chi connectivity index (χ3v) is 5.60. The molecule has 0 atom stereocenters. The third-order valence-electron chi connectivity index (χ3n) is 5.60. The molecule has 0 fully saturated rings. The fourth-order valence-corrected chi connectivity index (χ4v) is 4.11. The highest BCUT2D eigenvalue weighted by Gasteiger charge is 2.17. The van der Waals surface area contributed by atoms with Crippen LogP contribution in [0.3, 0.4) is 0 Å². The van der Waals surface area contributed by atoms with Crippen LogP contribution >= 0.6 is 0 Å². The molecule has 28 heavy (non-hydrogen) atoms. The predicted molar refractivity (Wildman–Crippen MR) is 110 cm³/mol. The van der Waals surface area contributed by atoms with Crippen LogP contribution in [0.1, 0.15) is 24.0 Å². The van der Waals surface area contributed by atoms with Crippen LogP contribution < -0.4 is 5.56 Å². The first kappa shape index (κ1) is 16.9. The van der Waals surface area contributed by atoms with Gasteiger partial charge in [0.15, 0.2) is 0 Å². The van der Waals surface area contributed by atoms with Crippen molar-refractivity contribution in [2.24, 2.45) is 0 Å². The SMILES string of the molecule is O=c1c2cc3c(cc2c(-c2ccccc2)nn1CCn1ccnc1)CCCC3. The summed E-state index contributed by atoms with van der Waals surface area (Å²) >= 11 is 0. The van der Waals surface area contributed by atoms with E-state index in [0.717, 1.165) is 34.9 Å². The predicted octanol–water partition coefficient (Wildman–Crippen LogP) is 3.84. The monoisotopic (exact) mass is 370 g/mol. The molecule has 0 N–H and O–H groups in total. The number of fused-ring (bicyclic) bond motifs is 2. The number of nitrogens with zero attached hydrogens (tertiary/aromatic N) is 4. The van der Waals surface area contributed by atoms with E-state index in [2.05, 4.69) is 29.2 Å². The summed E-state index contributed by atoms with van der Waals surface area (Å²) in [6, 6.07) is 14.5. The van der Waals surface area contributed by atoms with Crippen LogP contribution in [0.15, 0.2) is 66.0 Å². The smallest absolute Gasteiger partial charge is 0.274 e. The van der Waals surface area contributed by atoms with Gasteiger partial charge in [0.25, 0.3) is 5.56 Å². The van der Waals surface area contributed by atoms with Crippen molar-refractivity contribution < 1.29 is 0 Å². The lowest BCUT2D eigenvalue weighted by molar-refractivity contribution is 0.516. The van der Waals surface area contributed by atoms with Gasteiger partial charge in [-0.25, -0.2) is 9.67 Å². The number of imidazole rings is 1. The van der Waals surface area contributed by atoms with Gasteiger partial charge in [0.1, 0.15) is 0 Å². The zero-order chi connectivity index (χ0) is 18.9. The first-order chi connectivity index (χ1) is 13.8. The van der Waals surface area contributed by atoms with E-state index in [0.29, 0.717) is 13.1 Å². The second kappa shape index (κ2) is 7.08. The topological polar surface area (TPSA) is 52.7 Å². The highest BCUT2D eigenvalue weighted by Crippen LogP contribution is 2.30. The average Bonchev–Trinajstić information content (AvgIpc) is 3.26. The van der Waals surface area contributed by atoms with Crippen molar-refractivity contribution in [2.45, 2.75) is 38.8 Å². The molecule has 0 amide bonds. The second-order valence-corrected chi connectivity index (χ2v) is 7.42. The Hall–Kier alpha value is -3.21. The van der Waals surface area contributed by atoms with Crippen LogP contribution in [0.5, 0.6) is 0 Å². The molecule has 5 heteroatoms. The summed E-state index contributed by atoms with van der Waals surface area (Å²) in [5.41, 5.74) is 4.60. The standard InChI is InChI=1S/C23H22N4O/c28-23-21-15-19-9-5-4-8-18(19)14-20(21)22(17-6-2-1-3-7-17)25-27(23)13-12-26-11-10-24-16-26/h1-3,6-7,10-11,14-16H,4-5,8-9,12-13H2. The van der Waals surface area contributed by atoms with Crippen LogP contribution in [0.25, 0.3) is 22.0 Å². The Morgan fingerprint density at radius 2 is 1.68 bits per heavy atom. The van der Waals surface area contributed by atoms with E-state index in [1.54, 1.807) is 17.2 Å². The van der Waals surface area contributed by atoms with Crippen LogP contribution in [0, 0.1) is 0 Å². The van der Waals surface area contributed by atoms with E-state index < -0.39 is 0 Å². The largest absolute Gasteiger partial charge is 0.336 e. The molecular formula is C23H22N4O. The summed E-state index contributed by atoms with van der Waals surface area (Å²) in [5, 5.41) is 6.54. The molecule has 2 aromatic carbocycles. The Morgan fingerprint density at radius 1 is 0.929 bits per heavy atom. The van der Waals surface area contributed by atoms with Gasteiger partial charge in [0, 0.05) is 29.9 Å². The van der Waals surface area contributed by atoms with Gasteiger partial charge in [0.2, 0.25) is 0 Å². The van der Waals surface area contributed by atoms with Gasteiger partial charge >= 0.3 is 0 Å². The number of rotatable bonds is 4. The molecule has 5 rings (SSSR count). The molecule has 0 saturated heterocycles. The number of aromatic nitrogens is 4. The normalized spacial score (nSPS) is 13.6. The Bertz CT molecular complexity index is 1180. The molecule has 1 aliphatic rings. The molecule has 5 nitrogen and oxygen atoms in total. The summed E-state index contributed by atoms with van der Waals surface area (Å²) in [4.78, 5) is 17.3. The zero-order valence-electron chi connectivity index (χ0n) is 15.7. The van der Waals surface area contributed by atoms with Crippen molar-refractivity contribution >= 4 is 10.8 Å². The number of aryl methyl sites for hydroxylation is 4. The second-order valence-electron chi connectivity index (χ2n) is 7.42. The summed E-state index contributed by atoms with van der Waals surface area (Å²) < 4.78 is 3.58. The first-order valence-corrected chi connectivity index (χ1v) is 9.87. The van der Waals surface area contributed by atoms with Gasteiger partial charge in [-0.1, -0.05) is 30.3 Å². The quantitative estimate of drug-likeness (QED) is 0.548. The van der Waals surface area contributed by atoms with Gasteiger partial charge < -0.3 is 4.57 Å². The average molecular weight is 370 g/mol. The molecular weight excluding hydrogens is 348 g/mol. The molecule has 0 saturated carbocycles. The molecule has 140 valence electrons.